The number of H-pyrrole nitrogens is 1. The van der Waals surface area contributed by atoms with Gasteiger partial charge < -0.3 is 15.0 Å². The summed E-state index contributed by atoms with van der Waals surface area (Å²) in [6, 6.07) is 21.7. The molecule has 4 aromatic rings. The Hall–Kier alpha value is -2.53. The Morgan fingerprint density at radius 1 is 0.897 bits per heavy atom. The highest BCUT2D eigenvalue weighted by Crippen LogP contribution is 2.34. The van der Waals surface area contributed by atoms with Crippen LogP contribution in [0.3, 0.4) is 0 Å². The Bertz CT molecular complexity index is 1040. The molecule has 2 N–H and O–H groups in total. The standard InChI is InChI=1S/C23H21Cl2N3O/c24-18-12-17(13-19(25)23(18)29-15-16-6-2-1-3-7-16)14-26-11-10-22-27-20-8-4-5-9-21(20)28-22/h1-9,12-13,26H,10-11,14-15H2,(H,27,28). The maximum absolute atomic E-state index is 6.40. The molecule has 4 nitrogen and oxygen atoms in total. The molecule has 0 fully saturated rings. The monoisotopic (exact) mass is 425 g/mol. The summed E-state index contributed by atoms with van der Waals surface area (Å²) in [6.45, 7) is 1.88. The average Bonchev–Trinajstić information content (AvgIpc) is 3.14. The lowest BCUT2D eigenvalue weighted by molar-refractivity contribution is 0.306. The minimum Gasteiger partial charge on any atom is -0.486 e. The van der Waals surface area contributed by atoms with Crippen LogP contribution in [0.25, 0.3) is 11.0 Å². The van der Waals surface area contributed by atoms with E-state index in [2.05, 4.69) is 15.3 Å². The van der Waals surface area contributed by atoms with Crippen LogP contribution in [-0.2, 0) is 19.6 Å². The SMILES string of the molecule is Clc1cc(CNCCc2nc3ccccc3[nH]2)cc(Cl)c1OCc1ccccc1. The molecule has 0 aliphatic rings. The quantitative estimate of drug-likeness (QED) is 0.351. The fraction of sp³-hybridized carbons (Fsp3) is 0.174. The van der Waals surface area contributed by atoms with E-state index in [1.165, 1.54) is 0 Å². The zero-order chi connectivity index (χ0) is 20.1. The zero-order valence-electron chi connectivity index (χ0n) is 15.8. The van der Waals surface area contributed by atoms with Crippen molar-refractivity contribution in [3.8, 4) is 5.75 Å². The van der Waals surface area contributed by atoms with Gasteiger partial charge in [-0.05, 0) is 35.4 Å². The van der Waals surface area contributed by atoms with Crippen LogP contribution in [0.5, 0.6) is 5.75 Å². The highest BCUT2D eigenvalue weighted by Gasteiger charge is 2.10. The molecule has 0 aliphatic heterocycles. The molecule has 3 aromatic carbocycles. The Kier molecular flexibility index (Phi) is 6.35. The predicted octanol–water partition coefficient (Wildman–Crippen LogP) is 5.78. The summed E-state index contributed by atoms with van der Waals surface area (Å²) in [5, 5.41) is 4.44. The molecule has 0 radical (unpaired) electrons. The van der Waals surface area contributed by atoms with Gasteiger partial charge in [0.2, 0.25) is 0 Å². The van der Waals surface area contributed by atoms with Gasteiger partial charge in [0.1, 0.15) is 12.4 Å². The molecule has 0 unspecified atom stereocenters. The molecular formula is C23H21Cl2N3O. The molecule has 29 heavy (non-hydrogen) atoms. The van der Waals surface area contributed by atoms with Gasteiger partial charge in [0.05, 0.1) is 21.1 Å². The van der Waals surface area contributed by atoms with E-state index in [4.69, 9.17) is 27.9 Å². The van der Waals surface area contributed by atoms with Crippen molar-refractivity contribution in [2.45, 2.75) is 19.6 Å². The van der Waals surface area contributed by atoms with Crippen molar-refractivity contribution >= 4 is 34.2 Å². The number of fused-ring (bicyclic) bond motifs is 1. The Labute approximate surface area is 179 Å². The van der Waals surface area contributed by atoms with Crippen LogP contribution in [0.1, 0.15) is 17.0 Å². The summed E-state index contributed by atoms with van der Waals surface area (Å²) in [7, 11) is 0. The lowest BCUT2D eigenvalue weighted by Gasteiger charge is -2.12. The highest BCUT2D eigenvalue weighted by atomic mass is 35.5. The molecule has 148 valence electrons. The fourth-order valence-corrected chi connectivity index (χ4v) is 3.79. The van der Waals surface area contributed by atoms with Gasteiger partial charge in [-0.25, -0.2) is 4.98 Å². The van der Waals surface area contributed by atoms with E-state index in [0.717, 1.165) is 41.0 Å². The topological polar surface area (TPSA) is 49.9 Å². The van der Waals surface area contributed by atoms with Crippen LogP contribution in [0.4, 0.5) is 0 Å². The predicted molar refractivity (Wildman–Crippen MR) is 119 cm³/mol. The third kappa shape index (κ3) is 5.10. The van der Waals surface area contributed by atoms with Crippen LogP contribution in [0, 0.1) is 0 Å². The van der Waals surface area contributed by atoms with Gasteiger partial charge in [0.15, 0.2) is 5.75 Å². The van der Waals surface area contributed by atoms with Gasteiger partial charge in [-0.1, -0.05) is 65.7 Å². The third-order valence-corrected chi connectivity index (χ3v) is 5.15. The largest absolute Gasteiger partial charge is 0.486 e. The molecule has 6 heteroatoms. The minimum atomic E-state index is 0.426. The Balaban J connectivity index is 1.30. The number of nitrogens with one attached hydrogen (secondary N) is 2. The average molecular weight is 426 g/mol. The van der Waals surface area contributed by atoms with Crippen molar-refractivity contribution in [3.05, 3.63) is 93.7 Å². The fourth-order valence-electron chi connectivity index (χ4n) is 3.15. The van der Waals surface area contributed by atoms with Gasteiger partial charge in [-0.15, -0.1) is 0 Å². The summed E-state index contributed by atoms with van der Waals surface area (Å²) >= 11 is 12.8. The van der Waals surface area contributed by atoms with Crippen LogP contribution in [-0.4, -0.2) is 16.5 Å². The second-order valence-corrected chi connectivity index (χ2v) is 7.60. The van der Waals surface area contributed by atoms with Crippen LogP contribution < -0.4 is 10.1 Å². The van der Waals surface area contributed by atoms with Crippen molar-refractivity contribution in [1.82, 2.24) is 15.3 Å². The van der Waals surface area contributed by atoms with E-state index in [1.807, 2.05) is 66.7 Å². The number of ether oxygens (including phenoxy) is 1. The molecule has 0 saturated heterocycles. The molecule has 1 heterocycles. The molecule has 0 spiro atoms. The Morgan fingerprint density at radius 3 is 2.38 bits per heavy atom. The molecule has 0 amide bonds. The van der Waals surface area contributed by atoms with Gasteiger partial charge >= 0.3 is 0 Å². The number of rotatable bonds is 8. The normalized spacial score (nSPS) is 11.1. The summed E-state index contributed by atoms with van der Waals surface area (Å²) in [5.74, 6) is 1.49. The zero-order valence-corrected chi connectivity index (χ0v) is 17.3. The third-order valence-electron chi connectivity index (χ3n) is 4.59. The maximum atomic E-state index is 6.40. The van der Waals surface area contributed by atoms with E-state index in [0.29, 0.717) is 28.9 Å². The molecular weight excluding hydrogens is 405 g/mol. The molecule has 0 bridgehead atoms. The van der Waals surface area contributed by atoms with E-state index in [9.17, 15) is 0 Å². The smallest absolute Gasteiger partial charge is 0.156 e. The first-order valence-corrected chi connectivity index (χ1v) is 10.2. The number of hydrogen-bond acceptors (Lipinski definition) is 3. The number of benzene rings is 3. The second-order valence-electron chi connectivity index (χ2n) is 6.79. The van der Waals surface area contributed by atoms with Crippen LogP contribution >= 0.6 is 23.2 Å². The molecule has 4 rings (SSSR count). The van der Waals surface area contributed by atoms with E-state index >= 15 is 0 Å². The van der Waals surface area contributed by atoms with E-state index in [-0.39, 0.29) is 0 Å². The number of nitrogens with zero attached hydrogens (tertiary/aromatic N) is 1. The number of halogens is 2. The van der Waals surface area contributed by atoms with Crippen molar-refractivity contribution in [1.29, 1.82) is 0 Å². The van der Waals surface area contributed by atoms with Crippen molar-refractivity contribution in [3.63, 3.8) is 0 Å². The summed E-state index contributed by atoms with van der Waals surface area (Å²) in [5.41, 5.74) is 4.13. The lowest BCUT2D eigenvalue weighted by atomic mass is 10.2. The molecule has 0 saturated carbocycles. The van der Waals surface area contributed by atoms with Gasteiger partial charge in [0, 0.05) is 19.5 Å². The van der Waals surface area contributed by atoms with Crippen LogP contribution in [0.2, 0.25) is 10.0 Å². The second kappa shape index (κ2) is 9.31. The number of para-hydroxylation sites is 2. The summed E-state index contributed by atoms with van der Waals surface area (Å²) in [4.78, 5) is 7.93. The first-order valence-electron chi connectivity index (χ1n) is 9.48. The Morgan fingerprint density at radius 2 is 1.62 bits per heavy atom. The molecule has 0 aliphatic carbocycles. The van der Waals surface area contributed by atoms with Crippen molar-refractivity contribution in [2.24, 2.45) is 0 Å². The molecule has 0 atom stereocenters. The highest BCUT2D eigenvalue weighted by molar-refractivity contribution is 6.37. The van der Waals surface area contributed by atoms with Crippen LogP contribution in [0.15, 0.2) is 66.7 Å². The van der Waals surface area contributed by atoms with Crippen molar-refractivity contribution in [2.75, 3.05) is 6.54 Å². The van der Waals surface area contributed by atoms with Gasteiger partial charge in [0.25, 0.3) is 0 Å². The maximum Gasteiger partial charge on any atom is 0.156 e. The number of aromatic amines is 1. The van der Waals surface area contributed by atoms with Gasteiger partial charge in [-0.2, -0.15) is 0 Å². The summed E-state index contributed by atoms with van der Waals surface area (Å²) < 4.78 is 5.82. The minimum absolute atomic E-state index is 0.426. The first-order chi connectivity index (χ1) is 14.2. The number of aromatic nitrogens is 2. The van der Waals surface area contributed by atoms with Crippen molar-refractivity contribution < 1.29 is 4.74 Å². The number of hydrogen-bond donors (Lipinski definition) is 2. The van der Waals surface area contributed by atoms with E-state index < -0.39 is 0 Å². The first kappa shape index (κ1) is 19.8. The lowest BCUT2D eigenvalue weighted by Crippen LogP contribution is -2.17. The molecule has 1 aromatic heterocycles. The van der Waals surface area contributed by atoms with Gasteiger partial charge in [-0.3, -0.25) is 0 Å². The summed E-state index contributed by atoms with van der Waals surface area (Å²) in [6.07, 6.45) is 0.814. The van der Waals surface area contributed by atoms with E-state index in [1.54, 1.807) is 0 Å². The number of imidazole rings is 1.